The molecule has 114 valence electrons. The van der Waals surface area contributed by atoms with Gasteiger partial charge in [-0.25, -0.2) is 0 Å². The number of rotatable bonds is 5. The molecule has 1 aliphatic heterocycles. The van der Waals surface area contributed by atoms with Gasteiger partial charge >= 0.3 is 0 Å². The van der Waals surface area contributed by atoms with Crippen LogP contribution in [0.1, 0.15) is 39.0 Å². The second kappa shape index (κ2) is 7.46. The minimum absolute atomic E-state index is 0.0885. The number of carbonyl (C=O) groups is 2. The van der Waals surface area contributed by atoms with Gasteiger partial charge in [0.25, 0.3) is 0 Å². The van der Waals surface area contributed by atoms with Crippen molar-refractivity contribution in [3.05, 3.63) is 29.3 Å². The normalized spacial score (nSPS) is 17.8. The van der Waals surface area contributed by atoms with Crippen molar-refractivity contribution in [3.8, 4) is 0 Å². The first-order valence-corrected chi connectivity index (χ1v) is 7.85. The lowest BCUT2D eigenvalue weighted by molar-refractivity contribution is -0.136. The summed E-state index contributed by atoms with van der Waals surface area (Å²) in [7, 11) is 0. The second-order valence-corrected chi connectivity index (χ2v) is 5.78. The second-order valence-electron chi connectivity index (χ2n) is 5.34. The zero-order chi connectivity index (χ0) is 15.2. The maximum absolute atomic E-state index is 12.4. The van der Waals surface area contributed by atoms with Crippen molar-refractivity contribution >= 4 is 29.1 Å². The number of nitrogens with one attached hydrogen (secondary N) is 1. The molecule has 1 heterocycles. The van der Waals surface area contributed by atoms with Crippen molar-refractivity contribution in [3.63, 3.8) is 0 Å². The largest absolute Gasteiger partial charge is 0.331 e. The number of hydrogen-bond acceptors (Lipinski definition) is 2. The van der Waals surface area contributed by atoms with E-state index in [2.05, 4.69) is 12.2 Å². The van der Waals surface area contributed by atoms with Gasteiger partial charge in [-0.1, -0.05) is 24.9 Å². The summed E-state index contributed by atoms with van der Waals surface area (Å²) < 4.78 is 0. The number of halogens is 1. The van der Waals surface area contributed by atoms with Crippen molar-refractivity contribution in [2.45, 2.75) is 45.1 Å². The Kier molecular flexibility index (Phi) is 5.62. The molecule has 21 heavy (non-hydrogen) atoms. The molecule has 0 saturated carbocycles. The molecule has 0 aliphatic carbocycles. The lowest BCUT2D eigenvalue weighted by Crippen LogP contribution is -2.43. The average Bonchev–Trinajstić information content (AvgIpc) is 2.96. The third-order valence-corrected chi connectivity index (χ3v) is 3.98. The zero-order valence-corrected chi connectivity index (χ0v) is 13.0. The van der Waals surface area contributed by atoms with Crippen molar-refractivity contribution in [2.24, 2.45) is 0 Å². The summed E-state index contributed by atoms with van der Waals surface area (Å²) in [6, 6.07) is 6.65. The van der Waals surface area contributed by atoms with E-state index in [0.29, 0.717) is 23.7 Å². The van der Waals surface area contributed by atoms with Gasteiger partial charge in [0.1, 0.15) is 6.04 Å². The lowest BCUT2D eigenvalue weighted by atomic mass is 10.1. The molecule has 0 aromatic heterocycles. The molecule has 1 saturated heterocycles. The Balaban J connectivity index is 1.97. The maximum Gasteiger partial charge on any atom is 0.247 e. The van der Waals surface area contributed by atoms with Crippen LogP contribution in [-0.2, 0) is 9.59 Å². The molecule has 4 nitrogen and oxygen atoms in total. The van der Waals surface area contributed by atoms with Gasteiger partial charge in [0.15, 0.2) is 0 Å². The summed E-state index contributed by atoms with van der Waals surface area (Å²) in [5.74, 6) is -0.0229. The smallest absolute Gasteiger partial charge is 0.247 e. The highest BCUT2D eigenvalue weighted by atomic mass is 35.5. The van der Waals surface area contributed by atoms with Crippen LogP contribution < -0.4 is 5.32 Å². The molecule has 1 aliphatic rings. The lowest BCUT2D eigenvalue weighted by Gasteiger charge is -2.24. The number of hydrogen-bond donors (Lipinski definition) is 1. The van der Waals surface area contributed by atoms with Crippen LogP contribution in [0.3, 0.4) is 0 Å². The molecular formula is C16H21ClN2O2. The van der Waals surface area contributed by atoms with E-state index in [1.165, 1.54) is 0 Å². The SMILES string of the molecule is CCCCC(=O)N1CCC[C@H]1C(=O)Nc1ccc(Cl)cc1. The maximum atomic E-state index is 12.4. The van der Waals surface area contributed by atoms with E-state index >= 15 is 0 Å². The molecule has 0 unspecified atom stereocenters. The average molecular weight is 309 g/mol. The number of anilines is 1. The fourth-order valence-electron chi connectivity index (χ4n) is 2.57. The number of unbranched alkanes of at least 4 members (excludes halogenated alkanes) is 1. The van der Waals surface area contributed by atoms with Crippen LogP contribution >= 0.6 is 11.6 Å². The van der Waals surface area contributed by atoms with E-state index in [-0.39, 0.29) is 17.9 Å². The van der Waals surface area contributed by atoms with Crippen molar-refractivity contribution in [1.29, 1.82) is 0 Å². The topological polar surface area (TPSA) is 49.4 Å². The zero-order valence-electron chi connectivity index (χ0n) is 12.3. The van der Waals surface area contributed by atoms with Gasteiger partial charge in [0.05, 0.1) is 0 Å². The molecule has 1 fully saturated rings. The van der Waals surface area contributed by atoms with Gasteiger partial charge in [0.2, 0.25) is 11.8 Å². The van der Waals surface area contributed by atoms with Crippen molar-refractivity contribution in [1.82, 2.24) is 4.90 Å². The fourth-order valence-corrected chi connectivity index (χ4v) is 2.69. The third-order valence-electron chi connectivity index (χ3n) is 3.73. The summed E-state index contributed by atoms with van der Waals surface area (Å²) in [6.45, 7) is 2.74. The fraction of sp³-hybridized carbons (Fsp3) is 0.500. The Bertz CT molecular complexity index is 502. The van der Waals surface area contributed by atoms with Gasteiger partial charge in [-0.15, -0.1) is 0 Å². The third kappa shape index (κ3) is 4.21. The molecule has 1 aromatic rings. The molecule has 2 rings (SSSR count). The first kappa shape index (κ1) is 15.8. The first-order chi connectivity index (χ1) is 10.1. The molecule has 5 heteroatoms. The molecule has 0 spiro atoms. The molecule has 0 bridgehead atoms. The van der Waals surface area contributed by atoms with Gasteiger partial charge in [0, 0.05) is 23.7 Å². The molecule has 2 amide bonds. The van der Waals surface area contributed by atoms with Crippen molar-refractivity contribution < 1.29 is 9.59 Å². The Hall–Kier alpha value is -1.55. The predicted octanol–water partition coefficient (Wildman–Crippen LogP) is 3.46. The molecule has 1 aromatic carbocycles. The quantitative estimate of drug-likeness (QED) is 0.905. The molecular weight excluding hydrogens is 288 g/mol. The highest BCUT2D eigenvalue weighted by Gasteiger charge is 2.33. The van der Waals surface area contributed by atoms with Crippen LogP contribution in [0.5, 0.6) is 0 Å². The van der Waals surface area contributed by atoms with E-state index in [1.807, 2.05) is 0 Å². The van der Waals surface area contributed by atoms with Crippen LogP contribution in [0.2, 0.25) is 5.02 Å². The summed E-state index contributed by atoms with van der Waals surface area (Å²) >= 11 is 5.82. The van der Waals surface area contributed by atoms with E-state index in [9.17, 15) is 9.59 Å². The van der Waals surface area contributed by atoms with Gasteiger partial charge < -0.3 is 10.2 Å². The summed E-state index contributed by atoms with van der Waals surface area (Å²) in [6.07, 6.45) is 4.01. The highest BCUT2D eigenvalue weighted by molar-refractivity contribution is 6.30. The van der Waals surface area contributed by atoms with E-state index in [1.54, 1.807) is 29.2 Å². The standard InChI is InChI=1S/C16H21ClN2O2/c1-2-3-6-15(20)19-11-4-5-14(19)16(21)18-13-9-7-12(17)8-10-13/h7-10,14H,2-6,11H2,1H3,(H,18,21)/t14-/m0/s1. The van der Waals surface area contributed by atoms with Crippen molar-refractivity contribution in [2.75, 3.05) is 11.9 Å². The Morgan fingerprint density at radius 2 is 2.05 bits per heavy atom. The predicted molar refractivity (Wildman–Crippen MR) is 84.3 cm³/mol. The molecule has 0 radical (unpaired) electrons. The van der Waals surface area contributed by atoms with Crippen LogP contribution in [0.25, 0.3) is 0 Å². The van der Waals surface area contributed by atoms with Crippen LogP contribution in [-0.4, -0.2) is 29.3 Å². The van der Waals surface area contributed by atoms with E-state index in [0.717, 1.165) is 25.7 Å². The number of amides is 2. The van der Waals surface area contributed by atoms with Gasteiger partial charge in [-0.3, -0.25) is 9.59 Å². The highest BCUT2D eigenvalue weighted by Crippen LogP contribution is 2.21. The number of benzene rings is 1. The minimum Gasteiger partial charge on any atom is -0.331 e. The monoisotopic (exact) mass is 308 g/mol. The number of likely N-dealkylation sites (tertiary alicyclic amines) is 1. The first-order valence-electron chi connectivity index (χ1n) is 7.47. The molecule has 1 atom stereocenters. The van der Waals surface area contributed by atoms with E-state index in [4.69, 9.17) is 11.6 Å². The Morgan fingerprint density at radius 3 is 2.71 bits per heavy atom. The van der Waals surface area contributed by atoms with Crippen LogP contribution in [0, 0.1) is 0 Å². The molecule has 1 N–H and O–H groups in total. The Morgan fingerprint density at radius 1 is 1.33 bits per heavy atom. The summed E-state index contributed by atoms with van der Waals surface area (Å²) in [4.78, 5) is 26.2. The summed E-state index contributed by atoms with van der Waals surface area (Å²) in [5.41, 5.74) is 0.706. The van der Waals surface area contributed by atoms with Gasteiger partial charge in [-0.05, 0) is 43.5 Å². The van der Waals surface area contributed by atoms with Crippen LogP contribution in [0.15, 0.2) is 24.3 Å². The number of carbonyl (C=O) groups excluding carboxylic acids is 2. The van der Waals surface area contributed by atoms with Gasteiger partial charge in [-0.2, -0.15) is 0 Å². The summed E-state index contributed by atoms with van der Waals surface area (Å²) in [5, 5.41) is 3.49. The number of nitrogens with zero attached hydrogens (tertiary/aromatic N) is 1. The minimum atomic E-state index is -0.343. The Labute approximate surface area is 130 Å². The van der Waals surface area contributed by atoms with Crippen LogP contribution in [0.4, 0.5) is 5.69 Å². The van der Waals surface area contributed by atoms with E-state index < -0.39 is 0 Å².